The van der Waals surface area contributed by atoms with Gasteiger partial charge in [0.1, 0.15) is 0 Å². The van der Waals surface area contributed by atoms with Gasteiger partial charge in [0.15, 0.2) is 5.78 Å². The zero-order valence-electron chi connectivity index (χ0n) is 11.0. The number of allylic oxidation sites excluding steroid dienone is 1. The number of rotatable bonds is 0. The van der Waals surface area contributed by atoms with Crippen LogP contribution in [0.3, 0.4) is 0 Å². The molecule has 2 fully saturated rings. The Kier molecular flexibility index (Phi) is 2.17. The summed E-state index contributed by atoms with van der Waals surface area (Å²) in [7, 11) is 0. The average molecular weight is 234 g/mol. The molecule has 4 atom stereocenters. The predicted molar refractivity (Wildman–Crippen MR) is 66.4 cm³/mol. The number of carbonyl (C=O) groups excluding carboxylic acids is 1. The average Bonchev–Trinajstić information content (AvgIpc) is 2.64. The van der Waals surface area contributed by atoms with Crippen molar-refractivity contribution in [1.82, 2.24) is 0 Å². The van der Waals surface area contributed by atoms with Crippen LogP contribution in [0.5, 0.6) is 0 Å². The predicted octanol–water partition coefficient (Wildman–Crippen LogP) is 2.71. The molecule has 0 spiro atoms. The number of hydrogen-bond acceptors (Lipinski definition) is 2. The molecule has 0 unspecified atom stereocenters. The summed E-state index contributed by atoms with van der Waals surface area (Å²) in [5.41, 5.74) is 1.47. The lowest BCUT2D eigenvalue weighted by Gasteiger charge is -2.36. The first-order valence-corrected chi connectivity index (χ1v) is 6.76. The molecule has 1 N–H and O–H groups in total. The second kappa shape index (κ2) is 3.23. The van der Waals surface area contributed by atoms with Crippen LogP contribution in [-0.4, -0.2) is 17.0 Å². The molecule has 0 radical (unpaired) electrons. The third kappa shape index (κ3) is 1.46. The summed E-state index contributed by atoms with van der Waals surface area (Å²) < 4.78 is 0. The minimum Gasteiger partial charge on any atom is -0.392 e. The molecule has 0 aromatic rings. The van der Waals surface area contributed by atoms with Crippen molar-refractivity contribution in [3.63, 3.8) is 0 Å². The highest BCUT2D eigenvalue weighted by atomic mass is 16.3. The molecule has 0 bridgehead atoms. The summed E-state index contributed by atoms with van der Waals surface area (Å²) in [5, 5.41) is 10.6. The molecule has 2 nitrogen and oxygen atoms in total. The van der Waals surface area contributed by atoms with Crippen LogP contribution in [0.2, 0.25) is 0 Å². The van der Waals surface area contributed by atoms with E-state index in [-0.39, 0.29) is 17.3 Å². The van der Waals surface area contributed by atoms with Crippen molar-refractivity contribution in [1.29, 1.82) is 0 Å². The third-order valence-electron chi connectivity index (χ3n) is 5.40. The van der Waals surface area contributed by atoms with Gasteiger partial charge in [0.25, 0.3) is 0 Å². The zero-order chi connectivity index (χ0) is 12.4. The minimum atomic E-state index is -0.242. The highest BCUT2D eigenvalue weighted by Gasteiger charge is 2.59. The molecule has 0 aromatic heterocycles. The maximum atomic E-state index is 11.6. The Morgan fingerprint density at radius 1 is 1.29 bits per heavy atom. The maximum Gasteiger partial charge on any atom is 0.155 e. The first kappa shape index (κ1) is 11.5. The van der Waals surface area contributed by atoms with Gasteiger partial charge in [-0.3, -0.25) is 4.79 Å². The summed E-state index contributed by atoms with van der Waals surface area (Å²) in [5.74, 6) is 1.09. The lowest BCUT2D eigenvalue weighted by Crippen LogP contribution is -2.35. The molecule has 94 valence electrons. The minimum absolute atomic E-state index is 0.111. The van der Waals surface area contributed by atoms with E-state index in [4.69, 9.17) is 0 Å². The van der Waals surface area contributed by atoms with E-state index < -0.39 is 0 Å². The molecule has 17 heavy (non-hydrogen) atoms. The van der Waals surface area contributed by atoms with Gasteiger partial charge in [0, 0.05) is 11.8 Å². The van der Waals surface area contributed by atoms with Crippen LogP contribution in [0.4, 0.5) is 0 Å². The molecule has 0 heterocycles. The van der Waals surface area contributed by atoms with Crippen molar-refractivity contribution in [3.8, 4) is 0 Å². The van der Waals surface area contributed by atoms with Gasteiger partial charge in [-0.05, 0) is 42.6 Å². The molecule has 0 saturated heterocycles. The molecule has 0 aliphatic heterocycles. The molecule has 3 rings (SSSR count). The number of aliphatic hydroxyl groups is 1. The third-order valence-corrected chi connectivity index (χ3v) is 5.40. The van der Waals surface area contributed by atoms with Crippen LogP contribution in [0.15, 0.2) is 11.6 Å². The molecule has 2 heteroatoms. The lowest BCUT2D eigenvalue weighted by molar-refractivity contribution is -0.116. The quantitative estimate of drug-likeness (QED) is 0.699. The monoisotopic (exact) mass is 234 g/mol. The second-order valence-corrected chi connectivity index (χ2v) is 7.27. The van der Waals surface area contributed by atoms with E-state index in [2.05, 4.69) is 20.8 Å². The Balaban J connectivity index is 2.04. The van der Waals surface area contributed by atoms with Gasteiger partial charge in [-0.2, -0.15) is 0 Å². The van der Waals surface area contributed by atoms with E-state index in [0.29, 0.717) is 23.7 Å². The first-order valence-electron chi connectivity index (χ1n) is 6.76. The van der Waals surface area contributed by atoms with Gasteiger partial charge >= 0.3 is 0 Å². The molecular formula is C15H22O2. The molecule has 3 aliphatic carbocycles. The molecule has 0 aromatic carbocycles. The van der Waals surface area contributed by atoms with Gasteiger partial charge in [0.05, 0.1) is 6.10 Å². The number of aliphatic hydroxyl groups excluding tert-OH is 1. The normalized spacial score (nSPS) is 47.6. The first-order chi connectivity index (χ1) is 7.83. The number of ketones is 1. The molecule has 0 amide bonds. The smallest absolute Gasteiger partial charge is 0.155 e. The Hall–Kier alpha value is -0.630. The second-order valence-electron chi connectivity index (χ2n) is 7.27. The van der Waals surface area contributed by atoms with Crippen molar-refractivity contribution in [2.75, 3.05) is 0 Å². The SMILES string of the molecule is CC1(C)C[C@H]2[C@@H](C1)C1=CC(=O)CC[C@]1(C)[C@H]2O. The van der Waals surface area contributed by atoms with Crippen LogP contribution in [0.25, 0.3) is 0 Å². The molecular weight excluding hydrogens is 212 g/mol. The van der Waals surface area contributed by atoms with Crippen LogP contribution >= 0.6 is 0 Å². The van der Waals surface area contributed by atoms with Gasteiger partial charge in [0.2, 0.25) is 0 Å². The van der Waals surface area contributed by atoms with E-state index in [1.807, 2.05) is 6.08 Å². The maximum absolute atomic E-state index is 11.6. The lowest BCUT2D eigenvalue weighted by atomic mass is 9.70. The number of fused-ring (bicyclic) bond motifs is 3. The van der Waals surface area contributed by atoms with E-state index in [0.717, 1.165) is 19.3 Å². The fourth-order valence-corrected chi connectivity index (χ4v) is 4.54. The fraction of sp³-hybridized carbons (Fsp3) is 0.800. The summed E-state index contributed by atoms with van der Waals surface area (Å²) >= 11 is 0. The van der Waals surface area contributed by atoms with Gasteiger partial charge in [-0.1, -0.05) is 26.3 Å². The summed E-state index contributed by atoms with van der Waals surface area (Å²) in [6.45, 7) is 6.71. The standard InChI is InChI=1S/C15H22O2/c1-14(2)7-10-11(8-14)13(17)15(3)5-4-9(16)6-12(10)15/h6,10-11,13,17H,4-5,7-8H2,1-3H3/t10-,11+,13+,15+/m1/s1. The van der Waals surface area contributed by atoms with E-state index >= 15 is 0 Å². The summed E-state index contributed by atoms with van der Waals surface area (Å²) in [6, 6.07) is 0. The Labute approximate surface area is 103 Å². The van der Waals surface area contributed by atoms with Crippen molar-refractivity contribution >= 4 is 5.78 Å². The fourth-order valence-electron chi connectivity index (χ4n) is 4.54. The van der Waals surface area contributed by atoms with E-state index in [1.165, 1.54) is 5.57 Å². The Morgan fingerprint density at radius 3 is 2.71 bits per heavy atom. The van der Waals surface area contributed by atoms with Crippen LogP contribution in [0, 0.1) is 22.7 Å². The van der Waals surface area contributed by atoms with E-state index in [9.17, 15) is 9.90 Å². The van der Waals surface area contributed by atoms with E-state index in [1.54, 1.807) is 0 Å². The van der Waals surface area contributed by atoms with Crippen LogP contribution < -0.4 is 0 Å². The van der Waals surface area contributed by atoms with Gasteiger partial charge in [-0.15, -0.1) is 0 Å². The van der Waals surface area contributed by atoms with Crippen molar-refractivity contribution in [3.05, 3.63) is 11.6 Å². The Bertz CT molecular complexity index is 407. The van der Waals surface area contributed by atoms with Crippen molar-refractivity contribution < 1.29 is 9.90 Å². The summed E-state index contributed by atoms with van der Waals surface area (Å²) in [6.07, 6.45) is 5.29. The Morgan fingerprint density at radius 2 is 2.00 bits per heavy atom. The summed E-state index contributed by atoms with van der Waals surface area (Å²) in [4.78, 5) is 11.6. The molecule has 3 aliphatic rings. The highest BCUT2D eigenvalue weighted by Crippen LogP contribution is 2.63. The van der Waals surface area contributed by atoms with Gasteiger partial charge < -0.3 is 5.11 Å². The van der Waals surface area contributed by atoms with Crippen molar-refractivity contribution in [2.45, 2.75) is 52.6 Å². The molecule has 2 saturated carbocycles. The van der Waals surface area contributed by atoms with Crippen LogP contribution in [-0.2, 0) is 4.79 Å². The largest absolute Gasteiger partial charge is 0.392 e. The van der Waals surface area contributed by atoms with Gasteiger partial charge in [-0.25, -0.2) is 0 Å². The highest BCUT2D eigenvalue weighted by molar-refractivity contribution is 5.92. The number of hydrogen-bond donors (Lipinski definition) is 1. The zero-order valence-corrected chi connectivity index (χ0v) is 11.0. The van der Waals surface area contributed by atoms with Crippen LogP contribution in [0.1, 0.15) is 46.5 Å². The number of carbonyl (C=O) groups is 1. The van der Waals surface area contributed by atoms with Crippen molar-refractivity contribution in [2.24, 2.45) is 22.7 Å². The topological polar surface area (TPSA) is 37.3 Å².